The summed E-state index contributed by atoms with van der Waals surface area (Å²) in [6, 6.07) is 1.64. The zero-order chi connectivity index (χ0) is 16.8. The molecule has 0 aliphatic rings. The number of anilines is 1. The van der Waals surface area contributed by atoms with Crippen LogP contribution in [0.1, 0.15) is 18.2 Å². The van der Waals surface area contributed by atoms with E-state index >= 15 is 0 Å². The van der Waals surface area contributed by atoms with Gasteiger partial charge in [-0.05, 0) is 13.8 Å². The minimum absolute atomic E-state index is 0.0268. The molecule has 9 nitrogen and oxygen atoms in total. The second-order valence-corrected chi connectivity index (χ2v) is 4.26. The summed E-state index contributed by atoms with van der Waals surface area (Å²) in [4.78, 5) is 19.9. The van der Waals surface area contributed by atoms with E-state index in [0.29, 0.717) is 12.4 Å². The fourth-order valence-corrected chi connectivity index (χ4v) is 1.66. The third-order valence-corrected chi connectivity index (χ3v) is 2.75. The van der Waals surface area contributed by atoms with Gasteiger partial charge in [0.15, 0.2) is 17.1 Å². The maximum Gasteiger partial charge on any atom is 0.272 e. The summed E-state index contributed by atoms with van der Waals surface area (Å²) in [5.41, 5.74) is -0.349. The maximum absolute atomic E-state index is 12.1. The number of nitrogens with zero attached hydrogens (tertiary/aromatic N) is 4. The van der Waals surface area contributed by atoms with Crippen LogP contribution >= 0.6 is 0 Å². The Bertz CT molecular complexity index is 773. The van der Waals surface area contributed by atoms with Gasteiger partial charge in [-0.1, -0.05) is 5.16 Å². The normalized spacial score (nSPS) is 11.3. The number of nitriles is 1. The number of amides is 1. The van der Waals surface area contributed by atoms with E-state index in [0.717, 1.165) is 0 Å². The van der Waals surface area contributed by atoms with Crippen molar-refractivity contribution < 1.29 is 19.2 Å². The minimum Gasteiger partial charge on any atom is -0.506 e. The highest BCUT2D eigenvalue weighted by molar-refractivity contribution is 6.10. The molecule has 0 spiro atoms. The van der Waals surface area contributed by atoms with Crippen molar-refractivity contribution in [2.24, 2.45) is 0 Å². The van der Waals surface area contributed by atoms with Gasteiger partial charge >= 0.3 is 0 Å². The predicted octanol–water partition coefficient (Wildman–Crippen LogP) is 1.60. The number of ether oxygens (including phenoxy) is 1. The number of carbonyl (C=O) groups excluding carboxylic acids is 1. The number of rotatable bonds is 5. The van der Waals surface area contributed by atoms with E-state index in [1.807, 2.05) is 6.92 Å². The van der Waals surface area contributed by atoms with Gasteiger partial charge in [-0.25, -0.2) is 9.97 Å². The summed E-state index contributed by atoms with van der Waals surface area (Å²) in [5.74, 6) is -0.685. The third kappa shape index (κ3) is 3.62. The number of aryl methyl sites for hydroxylation is 1. The lowest BCUT2D eigenvalue weighted by Crippen LogP contribution is -2.17. The summed E-state index contributed by atoms with van der Waals surface area (Å²) >= 11 is 0. The van der Waals surface area contributed by atoms with Gasteiger partial charge in [0.05, 0.1) is 30.8 Å². The molecule has 2 heterocycles. The Labute approximate surface area is 131 Å². The molecule has 0 bridgehead atoms. The van der Waals surface area contributed by atoms with Crippen molar-refractivity contribution in [3.63, 3.8) is 0 Å². The van der Waals surface area contributed by atoms with Crippen molar-refractivity contribution in [1.82, 2.24) is 15.1 Å². The van der Waals surface area contributed by atoms with Gasteiger partial charge in [-0.15, -0.1) is 0 Å². The van der Waals surface area contributed by atoms with Crippen molar-refractivity contribution in [3.8, 4) is 11.8 Å². The number of aromatic nitrogens is 3. The lowest BCUT2D eigenvalue weighted by atomic mass is 10.1. The lowest BCUT2D eigenvalue weighted by molar-refractivity contribution is -0.112. The molecule has 0 saturated carbocycles. The Morgan fingerprint density at radius 2 is 2.13 bits per heavy atom. The molecule has 2 aromatic heterocycles. The van der Waals surface area contributed by atoms with Crippen LogP contribution in [-0.4, -0.2) is 32.7 Å². The van der Waals surface area contributed by atoms with Crippen LogP contribution in [0.3, 0.4) is 0 Å². The van der Waals surface area contributed by atoms with Crippen LogP contribution in [0.2, 0.25) is 0 Å². The molecular formula is C14H13N5O4. The number of hydrogen-bond acceptors (Lipinski definition) is 8. The maximum atomic E-state index is 12.1. The summed E-state index contributed by atoms with van der Waals surface area (Å²) in [6.07, 6.45) is 3.97. The molecule has 0 unspecified atom stereocenters. The Morgan fingerprint density at radius 1 is 1.43 bits per heavy atom. The minimum atomic E-state index is -0.852. The molecule has 0 atom stereocenters. The zero-order valence-electron chi connectivity index (χ0n) is 12.4. The van der Waals surface area contributed by atoms with E-state index in [-0.39, 0.29) is 17.3 Å². The molecule has 2 aromatic rings. The number of carbonyl (C=O) groups is 1. The predicted molar refractivity (Wildman–Crippen MR) is 78.2 cm³/mol. The molecule has 23 heavy (non-hydrogen) atoms. The summed E-state index contributed by atoms with van der Waals surface area (Å²) in [7, 11) is 0. The average Bonchev–Trinajstić information content (AvgIpc) is 2.96. The topological polar surface area (TPSA) is 134 Å². The second kappa shape index (κ2) is 7.04. The van der Waals surface area contributed by atoms with Crippen LogP contribution in [0.4, 0.5) is 5.95 Å². The Hall–Kier alpha value is -3.41. The molecule has 0 saturated heterocycles. The number of nitrogens with one attached hydrogen (secondary N) is 1. The summed E-state index contributed by atoms with van der Waals surface area (Å²) < 4.78 is 9.97. The van der Waals surface area contributed by atoms with Crippen molar-refractivity contribution in [1.29, 1.82) is 5.26 Å². The van der Waals surface area contributed by atoms with Crippen molar-refractivity contribution in [2.45, 2.75) is 13.8 Å². The molecule has 2 rings (SSSR count). The van der Waals surface area contributed by atoms with Crippen molar-refractivity contribution in [3.05, 3.63) is 35.5 Å². The van der Waals surface area contributed by atoms with E-state index in [2.05, 4.69) is 20.4 Å². The van der Waals surface area contributed by atoms with E-state index in [1.165, 1.54) is 18.6 Å². The largest absolute Gasteiger partial charge is 0.506 e. The standard InChI is InChI=1S/C14H13N5O4/c1-3-22-9-5-16-14(17-6-9)19-13(21)10(4-15)12(20)11-7-18-23-8(11)2/h5-7,20H,3H2,1-2H3,(H,16,17,19,21)/b12-10-. The van der Waals surface area contributed by atoms with E-state index in [9.17, 15) is 9.90 Å². The van der Waals surface area contributed by atoms with Gasteiger partial charge in [0.25, 0.3) is 5.91 Å². The number of hydrogen-bond donors (Lipinski definition) is 2. The first-order valence-corrected chi connectivity index (χ1v) is 6.58. The quantitative estimate of drug-likeness (QED) is 0.482. The van der Waals surface area contributed by atoms with Crippen LogP contribution in [0.15, 0.2) is 28.7 Å². The summed E-state index contributed by atoms with van der Waals surface area (Å²) in [5, 5.41) is 25.0. The highest BCUT2D eigenvalue weighted by atomic mass is 16.5. The van der Waals surface area contributed by atoms with Crippen molar-refractivity contribution in [2.75, 3.05) is 11.9 Å². The lowest BCUT2D eigenvalue weighted by Gasteiger charge is -2.05. The molecule has 2 N–H and O–H groups in total. The van der Waals surface area contributed by atoms with Gasteiger partial charge < -0.3 is 14.4 Å². The van der Waals surface area contributed by atoms with Crippen LogP contribution in [0.25, 0.3) is 5.76 Å². The molecule has 0 radical (unpaired) electrons. The zero-order valence-corrected chi connectivity index (χ0v) is 12.4. The molecule has 0 aliphatic heterocycles. The van der Waals surface area contributed by atoms with Gasteiger partial charge in [0.2, 0.25) is 5.95 Å². The molecule has 0 aliphatic carbocycles. The monoisotopic (exact) mass is 315 g/mol. The molecule has 1 amide bonds. The smallest absolute Gasteiger partial charge is 0.272 e. The highest BCUT2D eigenvalue weighted by Crippen LogP contribution is 2.20. The molecule has 0 fully saturated rings. The van der Waals surface area contributed by atoms with E-state index in [4.69, 9.17) is 14.5 Å². The average molecular weight is 315 g/mol. The fourth-order valence-electron chi connectivity index (χ4n) is 1.66. The van der Waals surface area contributed by atoms with E-state index in [1.54, 1.807) is 13.0 Å². The van der Waals surface area contributed by atoms with Gasteiger partial charge in [0.1, 0.15) is 11.8 Å². The van der Waals surface area contributed by atoms with Gasteiger partial charge in [-0.2, -0.15) is 5.26 Å². The van der Waals surface area contributed by atoms with Crippen LogP contribution in [0, 0.1) is 18.3 Å². The second-order valence-electron chi connectivity index (χ2n) is 4.26. The Kier molecular flexibility index (Phi) is 4.89. The first-order valence-electron chi connectivity index (χ1n) is 6.58. The summed E-state index contributed by atoms with van der Waals surface area (Å²) in [6.45, 7) is 3.82. The van der Waals surface area contributed by atoms with Crippen molar-refractivity contribution >= 4 is 17.6 Å². The molecule has 9 heteroatoms. The Morgan fingerprint density at radius 3 is 2.65 bits per heavy atom. The van der Waals surface area contributed by atoms with Crippen LogP contribution in [-0.2, 0) is 4.79 Å². The van der Waals surface area contributed by atoms with Crippen LogP contribution < -0.4 is 10.1 Å². The Balaban J connectivity index is 2.21. The first kappa shape index (κ1) is 16.0. The molecular weight excluding hydrogens is 302 g/mol. The molecule has 118 valence electrons. The molecule has 0 aromatic carbocycles. The highest BCUT2D eigenvalue weighted by Gasteiger charge is 2.20. The van der Waals surface area contributed by atoms with Crippen LogP contribution in [0.5, 0.6) is 5.75 Å². The van der Waals surface area contributed by atoms with Gasteiger partial charge in [0, 0.05) is 0 Å². The SMILES string of the molecule is CCOc1cnc(NC(=O)/C(C#N)=C(\O)c2cnoc2C)nc1. The van der Waals surface area contributed by atoms with E-state index < -0.39 is 17.2 Å². The van der Waals surface area contributed by atoms with Gasteiger partial charge in [-0.3, -0.25) is 10.1 Å². The first-order chi connectivity index (χ1) is 11.1. The number of aliphatic hydroxyl groups excluding tert-OH is 1. The fraction of sp³-hybridized carbons (Fsp3) is 0.214. The third-order valence-electron chi connectivity index (χ3n) is 2.75. The number of aliphatic hydroxyl groups is 1.